The fraction of sp³-hybridized carbons (Fsp3) is 0.500. The monoisotopic (exact) mass is 161 g/mol. The Bertz CT molecular complexity index is 104. The number of hydrogen-bond donors (Lipinski definition) is 1. The van der Waals surface area contributed by atoms with E-state index in [1.807, 2.05) is 13.8 Å². The minimum atomic E-state index is 0. The minimum absolute atomic E-state index is 0. The van der Waals surface area contributed by atoms with E-state index in [4.69, 9.17) is 0 Å². The van der Waals surface area contributed by atoms with Crippen molar-refractivity contribution < 1.29 is 0 Å². The summed E-state index contributed by atoms with van der Waals surface area (Å²) >= 11 is 0. The average Bonchev–Trinajstić information content (AvgIpc) is 1.63. The Kier molecular flexibility index (Phi) is 8.49. The molecular formula is C8H16ClN. The van der Waals surface area contributed by atoms with Crippen LogP contribution in [0.25, 0.3) is 0 Å². The zero-order valence-electron chi connectivity index (χ0n) is 6.74. The van der Waals surface area contributed by atoms with E-state index in [1.54, 1.807) is 0 Å². The van der Waals surface area contributed by atoms with E-state index in [-0.39, 0.29) is 12.4 Å². The number of hydrogen-bond acceptors (Lipinski definition) is 1. The fourth-order valence-corrected chi connectivity index (χ4v) is 0.489. The predicted octanol–water partition coefficient (Wildman–Crippen LogP) is 2.15. The molecule has 60 valence electrons. The van der Waals surface area contributed by atoms with E-state index in [9.17, 15) is 0 Å². The van der Waals surface area contributed by atoms with Crippen LogP contribution in [-0.4, -0.2) is 13.1 Å². The van der Waals surface area contributed by atoms with Gasteiger partial charge in [-0.2, -0.15) is 0 Å². The quantitative estimate of drug-likeness (QED) is 0.624. The van der Waals surface area contributed by atoms with Crippen molar-refractivity contribution in [1.82, 2.24) is 5.32 Å². The number of halogens is 1. The van der Waals surface area contributed by atoms with Crippen LogP contribution in [0.4, 0.5) is 0 Å². The van der Waals surface area contributed by atoms with E-state index in [0.717, 1.165) is 24.2 Å². The van der Waals surface area contributed by atoms with Crippen molar-refractivity contribution in [3.63, 3.8) is 0 Å². The Hall–Kier alpha value is -0.270. The summed E-state index contributed by atoms with van der Waals surface area (Å²) in [6.07, 6.45) is 0. The van der Waals surface area contributed by atoms with Crippen molar-refractivity contribution in [2.75, 3.05) is 13.1 Å². The molecule has 0 unspecified atom stereocenters. The molecule has 0 spiro atoms. The topological polar surface area (TPSA) is 12.0 Å². The van der Waals surface area contributed by atoms with Crippen LogP contribution >= 0.6 is 12.4 Å². The molecule has 1 nitrogen and oxygen atoms in total. The molecule has 0 bridgehead atoms. The highest BCUT2D eigenvalue weighted by atomic mass is 35.5. The molecule has 0 aliphatic carbocycles. The van der Waals surface area contributed by atoms with Crippen LogP contribution in [0, 0.1) is 0 Å². The van der Waals surface area contributed by atoms with Crippen LogP contribution in [0.5, 0.6) is 0 Å². The molecule has 0 saturated heterocycles. The lowest BCUT2D eigenvalue weighted by atomic mass is 10.3. The Morgan fingerprint density at radius 2 is 1.40 bits per heavy atom. The molecule has 0 fully saturated rings. The zero-order chi connectivity index (χ0) is 7.28. The lowest BCUT2D eigenvalue weighted by Crippen LogP contribution is -2.17. The van der Waals surface area contributed by atoms with Crippen molar-refractivity contribution in [2.45, 2.75) is 13.8 Å². The van der Waals surface area contributed by atoms with E-state index < -0.39 is 0 Å². The molecule has 2 heteroatoms. The van der Waals surface area contributed by atoms with E-state index in [0.29, 0.717) is 0 Å². The Morgan fingerprint density at radius 1 is 1.10 bits per heavy atom. The van der Waals surface area contributed by atoms with Gasteiger partial charge in [0.1, 0.15) is 0 Å². The van der Waals surface area contributed by atoms with Gasteiger partial charge in [-0.1, -0.05) is 24.3 Å². The molecule has 0 heterocycles. The normalized spacial score (nSPS) is 8.20. The van der Waals surface area contributed by atoms with E-state index in [1.165, 1.54) is 0 Å². The van der Waals surface area contributed by atoms with Gasteiger partial charge < -0.3 is 5.32 Å². The Labute approximate surface area is 69.6 Å². The third kappa shape index (κ3) is 10.7. The molecule has 0 aliphatic heterocycles. The molecule has 0 rings (SSSR count). The maximum atomic E-state index is 3.76. The number of rotatable bonds is 4. The molecule has 0 radical (unpaired) electrons. The van der Waals surface area contributed by atoms with Gasteiger partial charge in [-0.15, -0.1) is 12.4 Å². The van der Waals surface area contributed by atoms with E-state index in [2.05, 4.69) is 18.5 Å². The standard InChI is InChI=1S/C8H15N.ClH/c1-7(2)5-9-6-8(3)4;/h9H,1,3,5-6H2,2,4H3;1H. The van der Waals surface area contributed by atoms with Gasteiger partial charge in [-0.05, 0) is 13.8 Å². The molecule has 10 heavy (non-hydrogen) atoms. The molecular weight excluding hydrogens is 146 g/mol. The highest BCUT2D eigenvalue weighted by molar-refractivity contribution is 5.85. The lowest BCUT2D eigenvalue weighted by Gasteiger charge is -2.01. The van der Waals surface area contributed by atoms with Gasteiger partial charge in [0.25, 0.3) is 0 Å². The van der Waals surface area contributed by atoms with Gasteiger partial charge in [0.2, 0.25) is 0 Å². The molecule has 0 aromatic carbocycles. The van der Waals surface area contributed by atoms with Gasteiger partial charge >= 0.3 is 0 Å². The Morgan fingerprint density at radius 3 is 1.60 bits per heavy atom. The van der Waals surface area contributed by atoms with Gasteiger partial charge in [0.05, 0.1) is 0 Å². The largest absolute Gasteiger partial charge is 0.309 e. The first-order chi connectivity index (χ1) is 4.13. The summed E-state index contributed by atoms with van der Waals surface area (Å²) in [5.41, 5.74) is 2.33. The van der Waals surface area contributed by atoms with Gasteiger partial charge in [-0.25, -0.2) is 0 Å². The predicted molar refractivity (Wildman–Crippen MR) is 49.7 cm³/mol. The van der Waals surface area contributed by atoms with Crippen LogP contribution in [0.15, 0.2) is 24.3 Å². The van der Waals surface area contributed by atoms with E-state index >= 15 is 0 Å². The lowest BCUT2D eigenvalue weighted by molar-refractivity contribution is 0.793. The van der Waals surface area contributed by atoms with Crippen molar-refractivity contribution in [3.8, 4) is 0 Å². The first kappa shape index (κ1) is 12.4. The third-order valence-electron chi connectivity index (χ3n) is 0.854. The SMILES string of the molecule is C=C(C)CNCC(=C)C.Cl. The second kappa shape index (κ2) is 6.84. The van der Waals surface area contributed by atoms with Crippen LogP contribution in [0.1, 0.15) is 13.8 Å². The first-order valence-electron chi connectivity index (χ1n) is 3.12. The highest BCUT2D eigenvalue weighted by Crippen LogP contribution is 1.84. The molecule has 0 aromatic rings. The minimum Gasteiger partial charge on any atom is -0.309 e. The summed E-state index contributed by atoms with van der Waals surface area (Å²) in [7, 11) is 0. The maximum absolute atomic E-state index is 3.76. The summed E-state index contributed by atoms with van der Waals surface area (Å²) in [6.45, 7) is 13.3. The maximum Gasteiger partial charge on any atom is 0.0162 e. The molecule has 0 amide bonds. The molecule has 0 aromatic heterocycles. The van der Waals surface area contributed by atoms with Crippen LogP contribution < -0.4 is 5.32 Å². The second-order valence-corrected chi connectivity index (χ2v) is 2.52. The molecule has 1 N–H and O–H groups in total. The molecule has 0 atom stereocenters. The van der Waals surface area contributed by atoms with Crippen LogP contribution in [0.2, 0.25) is 0 Å². The average molecular weight is 162 g/mol. The van der Waals surface area contributed by atoms with Gasteiger partial charge in [0.15, 0.2) is 0 Å². The van der Waals surface area contributed by atoms with Gasteiger partial charge in [-0.3, -0.25) is 0 Å². The Balaban J connectivity index is 0. The third-order valence-corrected chi connectivity index (χ3v) is 0.854. The van der Waals surface area contributed by atoms with Crippen LogP contribution in [-0.2, 0) is 0 Å². The number of nitrogens with one attached hydrogen (secondary N) is 1. The van der Waals surface area contributed by atoms with Crippen molar-refractivity contribution in [3.05, 3.63) is 24.3 Å². The summed E-state index contributed by atoms with van der Waals surface area (Å²) in [5.74, 6) is 0. The highest BCUT2D eigenvalue weighted by Gasteiger charge is 1.85. The first-order valence-corrected chi connectivity index (χ1v) is 3.12. The molecule has 0 saturated carbocycles. The summed E-state index contributed by atoms with van der Waals surface area (Å²) in [5, 5.41) is 3.19. The zero-order valence-corrected chi connectivity index (χ0v) is 7.55. The smallest absolute Gasteiger partial charge is 0.0162 e. The van der Waals surface area contributed by atoms with Crippen LogP contribution in [0.3, 0.4) is 0 Å². The second-order valence-electron chi connectivity index (χ2n) is 2.52. The summed E-state index contributed by atoms with van der Waals surface area (Å²) < 4.78 is 0. The van der Waals surface area contributed by atoms with Crippen molar-refractivity contribution in [2.24, 2.45) is 0 Å². The summed E-state index contributed by atoms with van der Waals surface area (Å²) in [6, 6.07) is 0. The van der Waals surface area contributed by atoms with Crippen molar-refractivity contribution >= 4 is 12.4 Å². The summed E-state index contributed by atoms with van der Waals surface area (Å²) in [4.78, 5) is 0. The fourth-order valence-electron chi connectivity index (χ4n) is 0.489. The van der Waals surface area contributed by atoms with Crippen molar-refractivity contribution in [1.29, 1.82) is 0 Å². The molecule has 0 aliphatic rings. The van der Waals surface area contributed by atoms with Gasteiger partial charge in [0, 0.05) is 13.1 Å².